The number of amides is 1. The number of hydrogen-bond acceptors (Lipinski definition) is 4. The number of rotatable bonds is 8. The minimum absolute atomic E-state index is 0. The third-order valence-corrected chi connectivity index (χ3v) is 3.22. The quantitative estimate of drug-likeness (QED) is 0.766. The monoisotopic (exact) mass is 330 g/mol. The molecule has 0 unspecified atom stereocenters. The predicted molar refractivity (Wildman–Crippen MR) is 90.9 cm³/mol. The molecule has 3 N–H and O–H groups in total. The lowest BCUT2D eigenvalue weighted by Crippen LogP contribution is -2.42. The minimum Gasteiger partial charge on any atom is -0.493 e. The van der Waals surface area contributed by atoms with Gasteiger partial charge in [-0.3, -0.25) is 4.79 Å². The molecule has 0 bridgehead atoms. The van der Waals surface area contributed by atoms with Crippen LogP contribution in [-0.4, -0.2) is 32.7 Å². The van der Waals surface area contributed by atoms with Gasteiger partial charge in [-0.05, 0) is 36.5 Å². The van der Waals surface area contributed by atoms with Crippen molar-refractivity contribution in [1.29, 1.82) is 0 Å². The van der Waals surface area contributed by atoms with Gasteiger partial charge in [0.25, 0.3) is 0 Å². The second-order valence-corrected chi connectivity index (χ2v) is 5.47. The summed E-state index contributed by atoms with van der Waals surface area (Å²) in [5.41, 5.74) is 6.91. The predicted octanol–water partition coefficient (Wildman–Crippen LogP) is 2.16. The molecule has 1 amide bonds. The van der Waals surface area contributed by atoms with Gasteiger partial charge in [-0.1, -0.05) is 19.9 Å². The summed E-state index contributed by atoms with van der Waals surface area (Å²) in [7, 11) is 3.21. The van der Waals surface area contributed by atoms with Crippen molar-refractivity contribution in [2.45, 2.75) is 32.7 Å². The molecule has 1 atom stereocenters. The average Bonchev–Trinajstić information content (AvgIpc) is 2.46. The van der Waals surface area contributed by atoms with Crippen LogP contribution in [0.25, 0.3) is 0 Å². The topological polar surface area (TPSA) is 73.6 Å². The molecule has 1 aromatic rings. The van der Waals surface area contributed by atoms with Gasteiger partial charge in [-0.15, -0.1) is 12.4 Å². The van der Waals surface area contributed by atoms with Gasteiger partial charge < -0.3 is 20.5 Å². The first kappa shape index (κ1) is 20.5. The van der Waals surface area contributed by atoms with E-state index in [9.17, 15) is 4.79 Å². The van der Waals surface area contributed by atoms with Crippen LogP contribution in [0.1, 0.15) is 25.8 Å². The van der Waals surface area contributed by atoms with Crippen LogP contribution in [0.3, 0.4) is 0 Å². The first-order chi connectivity index (χ1) is 9.97. The maximum absolute atomic E-state index is 11.8. The molecule has 0 spiro atoms. The summed E-state index contributed by atoms with van der Waals surface area (Å²) in [5, 5.41) is 2.87. The van der Waals surface area contributed by atoms with Crippen LogP contribution in [0.2, 0.25) is 0 Å². The van der Waals surface area contributed by atoms with E-state index in [0.29, 0.717) is 30.4 Å². The van der Waals surface area contributed by atoms with Crippen LogP contribution >= 0.6 is 12.4 Å². The summed E-state index contributed by atoms with van der Waals surface area (Å²) in [6.45, 7) is 4.66. The molecule has 1 aromatic carbocycles. The standard InChI is InChI=1S/C16H26N2O3.ClH/c1-11(2)9-13(17)16(19)18-8-7-12-5-6-14(20-3)15(10-12)21-4;/h5-6,10-11,13H,7-9,17H2,1-4H3,(H,18,19);1H/t13-;/m0./s1. The van der Waals surface area contributed by atoms with Crippen molar-refractivity contribution in [2.75, 3.05) is 20.8 Å². The van der Waals surface area contributed by atoms with Crippen molar-refractivity contribution in [3.05, 3.63) is 23.8 Å². The van der Waals surface area contributed by atoms with Crippen molar-refractivity contribution in [2.24, 2.45) is 11.7 Å². The first-order valence-corrected chi connectivity index (χ1v) is 7.22. The second-order valence-electron chi connectivity index (χ2n) is 5.47. The fourth-order valence-corrected chi connectivity index (χ4v) is 2.11. The molecule has 0 heterocycles. The Morgan fingerprint density at radius 1 is 1.23 bits per heavy atom. The van der Waals surface area contributed by atoms with E-state index in [-0.39, 0.29) is 18.3 Å². The van der Waals surface area contributed by atoms with Crippen LogP contribution in [0.4, 0.5) is 0 Å². The molecule has 0 aliphatic heterocycles. The van der Waals surface area contributed by atoms with E-state index in [2.05, 4.69) is 19.2 Å². The van der Waals surface area contributed by atoms with E-state index in [1.165, 1.54) is 0 Å². The lowest BCUT2D eigenvalue weighted by Gasteiger charge is -2.14. The molecule has 0 aliphatic rings. The maximum atomic E-state index is 11.8. The van der Waals surface area contributed by atoms with Crippen LogP contribution in [0.15, 0.2) is 18.2 Å². The van der Waals surface area contributed by atoms with Gasteiger partial charge in [0.15, 0.2) is 11.5 Å². The Bertz CT molecular complexity index is 467. The fourth-order valence-electron chi connectivity index (χ4n) is 2.11. The van der Waals surface area contributed by atoms with Gasteiger partial charge >= 0.3 is 0 Å². The van der Waals surface area contributed by atoms with Crippen LogP contribution in [0, 0.1) is 5.92 Å². The number of carbonyl (C=O) groups is 1. The zero-order valence-electron chi connectivity index (χ0n) is 13.7. The second kappa shape index (κ2) is 10.3. The van der Waals surface area contributed by atoms with E-state index < -0.39 is 6.04 Å². The minimum atomic E-state index is -0.435. The number of nitrogens with two attached hydrogens (primary N) is 1. The summed E-state index contributed by atoms with van der Waals surface area (Å²) in [5.74, 6) is 1.71. The molecule has 0 radical (unpaired) electrons. The molecule has 0 saturated heterocycles. The van der Waals surface area contributed by atoms with Gasteiger partial charge in [0.1, 0.15) is 0 Å². The van der Waals surface area contributed by atoms with Gasteiger partial charge in [-0.2, -0.15) is 0 Å². The number of hydrogen-bond donors (Lipinski definition) is 2. The van der Waals surface area contributed by atoms with Gasteiger partial charge in [0.05, 0.1) is 20.3 Å². The molecule has 0 aromatic heterocycles. The molecule has 5 nitrogen and oxygen atoms in total. The third kappa shape index (κ3) is 6.54. The molecule has 126 valence electrons. The van der Waals surface area contributed by atoms with E-state index in [1.807, 2.05) is 18.2 Å². The van der Waals surface area contributed by atoms with Gasteiger partial charge in [0, 0.05) is 6.54 Å². The highest BCUT2D eigenvalue weighted by Crippen LogP contribution is 2.27. The molecule has 6 heteroatoms. The number of nitrogens with one attached hydrogen (secondary N) is 1. The molecule has 0 saturated carbocycles. The van der Waals surface area contributed by atoms with E-state index in [4.69, 9.17) is 15.2 Å². The smallest absolute Gasteiger partial charge is 0.236 e. The van der Waals surface area contributed by atoms with E-state index >= 15 is 0 Å². The zero-order chi connectivity index (χ0) is 15.8. The molecule has 22 heavy (non-hydrogen) atoms. The van der Waals surface area contributed by atoms with E-state index in [0.717, 1.165) is 12.0 Å². The average molecular weight is 331 g/mol. The van der Waals surface area contributed by atoms with Crippen molar-refractivity contribution in [3.63, 3.8) is 0 Å². The number of methoxy groups -OCH3 is 2. The van der Waals surface area contributed by atoms with Gasteiger partial charge in [-0.25, -0.2) is 0 Å². The summed E-state index contributed by atoms with van der Waals surface area (Å²) in [6.07, 6.45) is 1.42. The summed E-state index contributed by atoms with van der Waals surface area (Å²) in [4.78, 5) is 11.8. The molecule has 1 rings (SSSR count). The molecule has 0 fully saturated rings. The third-order valence-electron chi connectivity index (χ3n) is 3.22. The summed E-state index contributed by atoms with van der Waals surface area (Å²) < 4.78 is 10.4. The van der Waals surface area contributed by atoms with Crippen molar-refractivity contribution in [1.82, 2.24) is 5.32 Å². The van der Waals surface area contributed by atoms with Crippen LogP contribution in [-0.2, 0) is 11.2 Å². The Morgan fingerprint density at radius 2 is 1.86 bits per heavy atom. The maximum Gasteiger partial charge on any atom is 0.236 e. The lowest BCUT2D eigenvalue weighted by molar-refractivity contribution is -0.122. The summed E-state index contributed by atoms with van der Waals surface area (Å²) in [6, 6.07) is 5.30. The van der Waals surface area contributed by atoms with Crippen molar-refractivity contribution in [3.8, 4) is 11.5 Å². The molecular weight excluding hydrogens is 304 g/mol. The normalized spacial score (nSPS) is 11.5. The summed E-state index contributed by atoms with van der Waals surface area (Å²) >= 11 is 0. The first-order valence-electron chi connectivity index (χ1n) is 7.22. The SMILES string of the molecule is COc1ccc(CCNC(=O)[C@@H](N)CC(C)C)cc1OC.Cl. The Morgan fingerprint density at radius 3 is 2.41 bits per heavy atom. The van der Waals surface area contributed by atoms with E-state index in [1.54, 1.807) is 14.2 Å². The Labute approximate surface area is 139 Å². The van der Waals surface area contributed by atoms with Crippen LogP contribution in [0.5, 0.6) is 11.5 Å². The highest BCUT2D eigenvalue weighted by Gasteiger charge is 2.14. The largest absolute Gasteiger partial charge is 0.493 e. The highest BCUT2D eigenvalue weighted by molar-refractivity contribution is 5.85. The highest BCUT2D eigenvalue weighted by atomic mass is 35.5. The zero-order valence-corrected chi connectivity index (χ0v) is 14.5. The van der Waals surface area contributed by atoms with Gasteiger partial charge in [0.2, 0.25) is 5.91 Å². The number of benzene rings is 1. The van der Waals surface area contributed by atoms with Crippen molar-refractivity contribution < 1.29 is 14.3 Å². The molecular formula is C16H27ClN2O3. The molecule has 0 aliphatic carbocycles. The Balaban J connectivity index is 0.00000441. The Hall–Kier alpha value is -1.46. The fraction of sp³-hybridized carbons (Fsp3) is 0.562. The number of carbonyl (C=O) groups excluding carboxylic acids is 1. The van der Waals surface area contributed by atoms with Crippen molar-refractivity contribution >= 4 is 18.3 Å². The van der Waals surface area contributed by atoms with Crippen LogP contribution < -0.4 is 20.5 Å². The lowest BCUT2D eigenvalue weighted by atomic mass is 10.0. The number of halogens is 1. The Kier molecular flexibility index (Phi) is 9.61. The number of ether oxygens (including phenoxy) is 2.